The number of benzene rings is 2. The standard InChI is InChI=1S/C18H17FN2O/c1-12-5-3-6-14(9-12)17-11-18(21(20-17)13(2)22)15-7-4-8-16(19)10-15/h3-10,18H,11H2,1-2H3. The SMILES string of the molecule is CC(=O)N1N=C(c2cccc(C)c2)CC1c1cccc(F)c1. The number of hydrazone groups is 1. The average Bonchev–Trinajstić information content (AvgIpc) is 2.92. The van der Waals surface area contributed by atoms with E-state index in [0.717, 1.165) is 22.4 Å². The van der Waals surface area contributed by atoms with Gasteiger partial charge in [0.1, 0.15) is 5.82 Å². The Labute approximate surface area is 129 Å². The number of aryl methyl sites for hydroxylation is 1. The minimum absolute atomic E-state index is 0.142. The van der Waals surface area contributed by atoms with Crippen molar-refractivity contribution >= 4 is 11.6 Å². The van der Waals surface area contributed by atoms with E-state index in [4.69, 9.17) is 0 Å². The molecule has 0 aliphatic carbocycles. The minimum Gasteiger partial charge on any atom is -0.273 e. The Balaban J connectivity index is 1.96. The second kappa shape index (κ2) is 5.72. The van der Waals surface area contributed by atoms with Crippen LogP contribution in [0.15, 0.2) is 53.6 Å². The van der Waals surface area contributed by atoms with E-state index >= 15 is 0 Å². The van der Waals surface area contributed by atoms with Gasteiger partial charge >= 0.3 is 0 Å². The van der Waals surface area contributed by atoms with Gasteiger partial charge in [0, 0.05) is 13.3 Å². The maximum Gasteiger partial charge on any atom is 0.240 e. The Kier molecular flexibility index (Phi) is 3.75. The highest BCUT2D eigenvalue weighted by Crippen LogP contribution is 2.33. The Morgan fingerprint density at radius 1 is 1.23 bits per heavy atom. The van der Waals surface area contributed by atoms with Crippen molar-refractivity contribution in [1.82, 2.24) is 5.01 Å². The zero-order valence-electron chi connectivity index (χ0n) is 12.6. The molecule has 0 radical (unpaired) electrons. The van der Waals surface area contributed by atoms with E-state index in [9.17, 15) is 9.18 Å². The van der Waals surface area contributed by atoms with Crippen molar-refractivity contribution in [2.24, 2.45) is 5.10 Å². The third-order valence-electron chi connectivity index (χ3n) is 3.82. The topological polar surface area (TPSA) is 32.7 Å². The van der Waals surface area contributed by atoms with Gasteiger partial charge in [0.25, 0.3) is 0 Å². The zero-order chi connectivity index (χ0) is 15.7. The lowest BCUT2D eigenvalue weighted by Crippen LogP contribution is -2.24. The number of hydrogen-bond acceptors (Lipinski definition) is 2. The molecule has 0 saturated heterocycles. The fraction of sp³-hybridized carbons (Fsp3) is 0.222. The number of carbonyl (C=O) groups excluding carboxylic acids is 1. The molecule has 1 heterocycles. The number of rotatable bonds is 2. The second-order valence-electron chi connectivity index (χ2n) is 5.55. The second-order valence-corrected chi connectivity index (χ2v) is 5.55. The fourth-order valence-corrected chi connectivity index (χ4v) is 2.77. The number of halogens is 1. The van der Waals surface area contributed by atoms with E-state index in [1.165, 1.54) is 24.1 Å². The van der Waals surface area contributed by atoms with Crippen LogP contribution in [0.1, 0.15) is 36.1 Å². The third-order valence-corrected chi connectivity index (χ3v) is 3.82. The van der Waals surface area contributed by atoms with Gasteiger partial charge in [0.15, 0.2) is 0 Å². The van der Waals surface area contributed by atoms with E-state index in [-0.39, 0.29) is 17.8 Å². The third kappa shape index (κ3) is 2.77. The van der Waals surface area contributed by atoms with Crippen molar-refractivity contribution in [2.45, 2.75) is 26.3 Å². The lowest BCUT2D eigenvalue weighted by Gasteiger charge is -2.20. The van der Waals surface area contributed by atoms with Gasteiger partial charge in [-0.2, -0.15) is 5.10 Å². The summed E-state index contributed by atoms with van der Waals surface area (Å²) in [4.78, 5) is 11.9. The molecular formula is C18H17FN2O. The summed E-state index contributed by atoms with van der Waals surface area (Å²) in [6.07, 6.45) is 0.590. The molecule has 3 nitrogen and oxygen atoms in total. The molecule has 0 saturated carbocycles. The Bertz CT molecular complexity index is 754. The molecule has 3 rings (SSSR count). The Morgan fingerprint density at radius 2 is 2.00 bits per heavy atom. The molecule has 1 unspecified atom stereocenters. The van der Waals surface area contributed by atoms with Crippen molar-refractivity contribution < 1.29 is 9.18 Å². The van der Waals surface area contributed by atoms with Crippen LogP contribution in [0, 0.1) is 12.7 Å². The summed E-state index contributed by atoms with van der Waals surface area (Å²) >= 11 is 0. The van der Waals surface area contributed by atoms with E-state index in [0.29, 0.717) is 6.42 Å². The molecule has 1 amide bonds. The van der Waals surface area contributed by atoms with Gasteiger partial charge in [-0.1, -0.05) is 42.0 Å². The molecule has 4 heteroatoms. The molecule has 2 aromatic carbocycles. The smallest absolute Gasteiger partial charge is 0.240 e. The lowest BCUT2D eigenvalue weighted by molar-refractivity contribution is -0.130. The van der Waals surface area contributed by atoms with Crippen LogP contribution in [0.4, 0.5) is 4.39 Å². The summed E-state index contributed by atoms with van der Waals surface area (Å²) in [6, 6.07) is 14.1. The maximum absolute atomic E-state index is 13.5. The van der Waals surface area contributed by atoms with Crippen LogP contribution in [0.3, 0.4) is 0 Å². The van der Waals surface area contributed by atoms with Crippen LogP contribution in [0.2, 0.25) is 0 Å². The highest BCUT2D eigenvalue weighted by Gasteiger charge is 2.31. The zero-order valence-corrected chi connectivity index (χ0v) is 12.6. The van der Waals surface area contributed by atoms with Crippen molar-refractivity contribution in [1.29, 1.82) is 0 Å². The monoisotopic (exact) mass is 296 g/mol. The summed E-state index contributed by atoms with van der Waals surface area (Å²) < 4.78 is 13.5. The molecule has 0 N–H and O–H groups in total. The molecule has 0 aromatic heterocycles. The predicted molar refractivity (Wildman–Crippen MR) is 84.0 cm³/mol. The summed E-state index contributed by atoms with van der Waals surface area (Å²) in [5, 5.41) is 5.92. The van der Waals surface area contributed by atoms with Crippen molar-refractivity contribution in [3.63, 3.8) is 0 Å². The van der Waals surface area contributed by atoms with Crippen molar-refractivity contribution in [3.8, 4) is 0 Å². The molecule has 1 atom stereocenters. The quantitative estimate of drug-likeness (QED) is 0.829. The van der Waals surface area contributed by atoms with Gasteiger partial charge in [0.05, 0.1) is 11.8 Å². The molecule has 0 spiro atoms. The van der Waals surface area contributed by atoms with Crippen LogP contribution in [0.25, 0.3) is 0 Å². The maximum atomic E-state index is 13.5. The molecule has 112 valence electrons. The van der Waals surface area contributed by atoms with E-state index in [1.54, 1.807) is 6.07 Å². The first-order valence-corrected chi connectivity index (χ1v) is 7.24. The van der Waals surface area contributed by atoms with Crippen molar-refractivity contribution in [3.05, 3.63) is 71.0 Å². The number of nitrogens with zero attached hydrogens (tertiary/aromatic N) is 2. The van der Waals surface area contributed by atoms with Crippen LogP contribution < -0.4 is 0 Å². The van der Waals surface area contributed by atoms with Crippen LogP contribution in [0.5, 0.6) is 0 Å². The van der Waals surface area contributed by atoms with Gasteiger partial charge in [-0.15, -0.1) is 0 Å². The molecule has 1 aliphatic rings. The van der Waals surface area contributed by atoms with Crippen LogP contribution >= 0.6 is 0 Å². The molecular weight excluding hydrogens is 279 g/mol. The van der Waals surface area contributed by atoms with Crippen LogP contribution in [-0.2, 0) is 4.79 Å². The average molecular weight is 296 g/mol. The van der Waals surface area contributed by atoms with Gasteiger partial charge in [-0.3, -0.25) is 4.79 Å². The summed E-state index contributed by atoms with van der Waals surface area (Å²) in [5.74, 6) is -0.443. The van der Waals surface area contributed by atoms with E-state index in [1.807, 2.05) is 37.3 Å². The normalized spacial score (nSPS) is 17.5. The van der Waals surface area contributed by atoms with Crippen molar-refractivity contribution in [2.75, 3.05) is 0 Å². The summed E-state index contributed by atoms with van der Waals surface area (Å²) in [6.45, 7) is 3.50. The highest BCUT2D eigenvalue weighted by molar-refractivity contribution is 6.03. The van der Waals surface area contributed by atoms with E-state index in [2.05, 4.69) is 5.10 Å². The summed E-state index contributed by atoms with van der Waals surface area (Å²) in [5.41, 5.74) is 3.77. The fourth-order valence-electron chi connectivity index (χ4n) is 2.77. The number of amides is 1. The predicted octanol–water partition coefficient (Wildman–Crippen LogP) is 3.83. The summed E-state index contributed by atoms with van der Waals surface area (Å²) in [7, 11) is 0. The first-order valence-electron chi connectivity index (χ1n) is 7.24. The highest BCUT2D eigenvalue weighted by atomic mass is 19.1. The van der Waals surface area contributed by atoms with Gasteiger partial charge in [0.2, 0.25) is 5.91 Å². The first-order chi connectivity index (χ1) is 10.5. The van der Waals surface area contributed by atoms with Gasteiger partial charge < -0.3 is 0 Å². The van der Waals surface area contributed by atoms with Gasteiger partial charge in [-0.25, -0.2) is 9.40 Å². The molecule has 22 heavy (non-hydrogen) atoms. The van der Waals surface area contributed by atoms with E-state index < -0.39 is 0 Å². The molecule has 0 fully saturated rings. The Morgan fingerprint density at radius 3 is 2.68 bits per heavy atom. The van der Waals surface area contributed by atoms with Gasteiger partial charge in [-0.05, 0) is 30.2 Å². The first kappa shape index (κ1) is 14.4. The lowest BCUT2D eigenvalue weighted by atomic mass is 9.97. The molecule has 0 bridgehead atoms. The Hall–Kier alpha value is -2.49. The number of hydrogen-bond donors (Lipinski definition) is 0. The molecule has 1 aliphatic heterocycles. The largest absolute Gasteiger partial charge is 0.273 e. The number of carbonyl (C=O) groups is 1. The minimum atomic E-state index is -0.301. The van der Waals surface area contributed by atoms with Crippen LogP contribution in [-0.4, -0.2) is 16.6 Å². The molecule has 2 aromatic rings.